The summed E-state index contributed by atoms with van der Waals surface area (Å²) in [5, 5.41) is 54.7. The van der Waals surface area contributed by atoms with Gasteiger partial charge in [-0.15, -0.1) is 0 Å². The lowest BCUT2D eigenvalue weighted by Gasteiger charge is -1.96. The Balaban J connectivity index is 3.88. The molecule has 0 aliphatic carbocycles. The van der Waals surface area contributed by atoms with Gasteiger partial charge in [-0.3, -0.25) is 0 Å². The highest BCUT2D eigenvalue weighted by Crippen LogP contribution is 2.54. The Labute approximate surface area is 81.7 Å². The van der Waals surface area contributed by atoms with Gasteiger partial charge in [-0.1, -0.05) is 0 Å². The molecule has 1 aromatic rings. The van der Waals surface area contributed by atoms with E-state index in [0.29, 0.717) is 0 Å². The van der Waals surface area contributed by atoms with E-state index in [9.17, 15) is 15.3 Å². The molecule has 0 aromatic heterocycles. The van der Waals surface area contributed by atoms with Crippen LogP contribution in [0.3, 0.4) is 0 Å². The van der Waals surface area contributed by atoms with Gasteiger partial charge in [0.15, 0.2) is 14.9 Å². The maximum atomic E-state index is 11.2. The maximum absolute atomic E-state index is 11.2. The molecule has 0 fully saturated rings. The van der Waals surface area contributed by atoms with Gasteiger partial charge in [-0.2, -0.15) is 0 Å². The molecule has 0 aliphatic rings. The van der Waals surface area contributed by atoms with Crippen LogP contribution < -0.4 is 5.11 Å². The van der Waals surface area contributed by atoms with Crippen molar-refractivity contribution in [2.24, 2.45) is 0 Å². The molecule has 9 nitrogen and oxygen atoms in total. The molecule has 1 rings (SSSR count). The predicted molar refractivity (Wildman–Crippen MR) is 43.4 cm³/mol. The largest absolute Gasteiger partial charge is 0.861 e. The first kappa shape index (κ1) is 9.96. The molecule has 0 amide bonds. The lowest BCUT2D eigenvalue weighted by atomic mass is 10.2. The summed E-state index contributed by atoms with van der Waals surface area (Å²) in [5.41, 5.74) is -2.66. The summed E-state index contributed by atoms with van der Waals surface area (Å²) in [6, 6.07) is 0. The summed E-state index contributed by atoms with van der Waals surface area (Å²) in [4.78, 5) is 7.27. The van der Waals surface area contributed by atoms with Gasteiger partial charge in [0.25, 0.3) is 0 Å². The number of diazo groups is 3. The number of benzene rings is 1. The summed E-state index contributed by atoms with van der Waals surface area (Å²) >= 11 is 0. The number of phenols is 2. The average Bonchev–Trinajstić information content (AvgIpc) is 2.19. The average molecular weight is 206 g/mol. The van der Waals surface area contributed by atoms with Crippen LogP contribution in [0.25, 0.3) is 14.9 Å². The van der Waals surface area contributed by atoms with E-state index in [1.54, 1.807) is 0 Å². The van der Waals surface area contributed by atoms with Crippen molar-refractivity contribution in [2.45, 2.75) is 0 Å². The third-order valence-electron chi connectivity index (χ3n) is 1.63. The Kier molecular flexibility index (Phi) is 2.21. The van der Waals surface area contributed by atoms with E-state index in [1.165, 1.54) is 0 Å². The summed E-state index contributed by atoms with van der Waals surface area (Å²) < 4.78 is 0. The Morgan fingerprint density at radius 1 is 0.800 bits per heavy atom. The van der Waals surface area contributed by atoms with Crippen LogP contribution in [-0.2, 0) is 0 Å². The highest BCUT2D eigenvalue weighted by molar-refractivity contribution is 5.91. The Bertz CT molecular complexity index is 458. The SMILES string of the molecule is N#[N+]c1c([O-])c([N+]#N)c(O)c([N+]#N)c1O. The summed E-state index contributed by atoms with van der Waals surface area (Å²) in [5.74, 6) is -3.28. The number of hydrogen-bond acceptors (Lipinski definition) is 6. The molecule has 0 radical (unpaired) electrons. The van der Waals surface area contributed by atoms with Crippen molar-refractivity contribution >= 4 is 17.1 Å². The molecular formula is C6H2N6O3+2. The Morgan fingerprint density at radius 2 is 1.13 bits per heavy atom. The zero-order valence-electron chi connectivity index (χ0n) is 6.99. The third-order valence-corrected chi connectivity index (χ3v) is 1.63. The van der Waals surface area contributed by atoms with E-state index in [-0.39, 0.29) is 0 Å². The molecule has 0 heterocycles. The summed E-state index contributed by atoms with van der Waals surface area (Å²) in [6.07, 6.45) is 0. The Morgan fingerprint density at radius 3 is 1.40 bits per heavy atom. The minimum atomic E-state index is -1.22. The zero-order valence-corrected chi connectivity index (χ0v) is 6.99. The van der Waals surface area contributed by atoms with E-state index >= 15 is 0 Å². The molecule has 0 saturated carbocycles. The summed E-state index contributed by atoms with van der Waals surface area (Å²) in [7, 11) is 0. The van der Waals surface area contributed by atoms with Crippen LogP contribution in [0.5, 0.6) is 17.2 Å². The topological polar surface area (TPSA) is 148 Å². The van der Waals surface area contributed by atoms with Gasteiger partial charge in [-0.25, -0.2) is 0 Å². The fraction of sp³-hybridized carbons (Fsp3) is 0. The van der Waals surface area contributed by atoms with Crippen molar-refractivity contribution in [3.05, 3.63) is 14.9 Å². The fourth-order valence-corrected chi connectivity index (χ4v) is 0.944. The molecule has 9 heteroatoms. The first-order valence-corrected chi connectivity index (χ1v) is 3.42. The van der Waals surface area contributed by atoms with Gasteiger partial charge < -0.3 is 15.3 Å². The van der Waals surface area contributed by atoms with E-state index in [1.807, 2.05) is 0 Å². The van der Waals surface area contributed by atoms with Crippen LogP contribution in [0.2, 0.25) is 0 Å². The first-order chi connectivity index (χ1) is 7.08. The second kappa shape index (κ2) is 3.32. The summed E-state index contributed by atoms with van der Waals surface area (Å²) in [6.45, 7) is 0. The first-order valence-electron chi connectivity index (χ1n) is 3.42. The zero-order chi connectivity index (χ0) is 11.6. The van der Waals surface area contributed by atoms with Gasteiger partial charge in [0.1, 0.15) is 0 Å². The quantitative estimate of drug-likeness (QED) is 0.616. The smallest absolute Gasteiger partial charge is 0.484 e. The van der Waals surface area contributed by atoms with Crippen LogP contribution in [-0.4, -0.2) is 10.2 Å². The number of rotatable bonds is 0. The molecule has 72 valence electrons. The molecule has 0 spiro atoms. The fourth-order valence-electron chi connectivity index (χ4n) is 0.944. The molecular weight excluding hydrogens is 204 g/mol. The van der Waals surface area contributed by atoms with Crippen LogP contribution in [0.15, 0.2) is 0 Å². The minimum Gasteiger partial charge on any atom is -0.861 e. The van der Waals surface area contributed by atoms with Gasteiger partial charge >= 0.3 is 28.6 Å². The second-order valence-corrected chi connectivity index (χ2v) is 2.37. The molecule has 0 unspecified atom stereocenters. The maximum Gasteiger partial charge on any atom is 0.484 e. The van der Waals surface area contributed by atoms with Crippen LogP contribution in [0, 0.1) is 16.2 Å². The molecule has 1 aromatic carbocycles. The van der Waals surface area contributed by atoms with Gasteiger partial charge in [0, 0.05) is 0 Å². The predicted octanol–water partition coefficient (Wildman–Crippen LogP) is 1.63. The highest BCUT2D eigenvalue weighted by Gasteiger charge is 2.41. The molecule has 15 heavy (non-hydrogen) atoms. The van der Waals surface area contributed by atoms with E-state index in [0.717, 1.165) is 0 Å². The number of hydrogen-bond donors (Lipinski definition) is 2. The van der Waals surface area contributed by atoms with Gasteiger partial charge in [0.2, 0.25) is 16.2 Å². The van der Waals surface area contributed by atoms with Crippen molar-refractivity contribution < 1.29 is 15.3 Å². The van der Waals surface area contributed by atoms with E-state index in [4.69, 9.17) is 16.2 Å². The number of nitrogens with zero attached hydrogens (tertiary/aromatic N) is 6. The lowest BCUT2D eigenvalue weighted by Crippen LogP contribution is -1.90. The monoisotopic (exact) mass is 206 g/mol. The van der Waals surface area contributed by atoms with Crippen molar-refractivity contribution in [3.8, 4) is 17.2 Å². The van der Waals surface area contributed by atoms with Crippen LogP contribution in [0.1, 0.15) is 0 Å². The Hall–Kier alpha value is -3.12. The lowest BCUT2D eigenvalue weighted by molar-refractivity contribution is -0.265. The second-order valence-electron chi connectivity index (χ2n) is 2.37. The number of phenolic OH excluding ortho intramolecular Hbond substituents is 2. The number of aromatic hydroxyl groups is 2. The molecule has 0 bridgehead atoms. The third kappa shape index (κ3) is 1.19. The van der Waals surface area contributed by atoms with Crippen molar-refractivity contribution in [2.75, 3.05) is 0 Å². The molecule has 0 atom stereocenters. The standard InChI is InChI=1S/C6N6O3/c7-10-1-4(13)2(11-8)6(15)3(12-9)5(1)14/p+2. The van der Waals surface area contributed by atoms with E-state index < -0.39 is 34.3 Å². The van der Waals surface area contributed by atoms with Gasteiger partial charge in [-0.05, 0) is 0 Å². The highest BCUT2D eigenvalue weighted by atomic mass is 16.3. The van der Waals surface area contributed by atoms with Crippen molar-refractivity contribution in [3.63, 3.8) is 0 Å². The van der Waals surface area contributed by atoms with E-state index in [2.05, 4.69) is 14.9 Å². The van der Waals surface area contributed by atoms with Crippen LogP contribution >= 0.6 is 0 Å². The van der Waals surface area contributed by atoms with Crippen molar-refractivity contribution in [1.29, 1.82) is 16.2 Å². The minimum absolute atomic E-state index is 0.838. The van der Waals surface area contributed by atoms with Crippen LogP contribution in [0.4, 0.5) is 17.1 Å². The van der Waals surface area contributed by atoms with Gasteiger partial charge in [0.05, 0.1) is 5.75 Å². The normalized spacial score (nSPS) is 8.60. The molecule has 2 N–H and O–H groups in total. The molecule has 0 saturated heterocycles. The molecule has 0 aliphatic heterocycles. The van der Waals surface area contributed by atoms with Crippen molar-refractivity contribution in [1.82, 2.24) is 0 Å².